The van der Waals surface area contributed by atoms with E-state index in [9.17, 15) is 0 Å². The minimum Gasteiger partial charge on any atom is -0.438 e. The number of rotatable bonds is 2. The van der Waals surface area contributed by atoms with Gasteiger partial charge in [0.15, 0.2) is 11.5 Å². The van der Waals surface area contributed by atoms with E-state index in [4.69, 9.17) is 10.2 Å². The number of aromatic nitrogens is 1. The number of nitrogens with two attached hydrogens (primary N) is 1. The Bertz CT molecular complexity index is 714. The number of nitrogens with zero attached hydrogens (tertiary/aromatic N) is 1. The summed E-state index contributed by atoms with van der Waals surface area (Å²) >= 11 is 0. The van der Waals surface area contributed by atoms with Gasteiger partial charge >= 0.3 is 0 Å². The minimum atomic E-state index is 0.256. The molecular formula is C16H16N2O. The normalized spacial score (nSPS) is 11.3. The maximum Gasteiger partial charge on any atom is 0.198 e. The summed E-state index contributed by atoms with van der Waals surface area (Å²) in [6, 6.07) is 14.1. The summed E-state index contributed by atoms with van der Waals surface area (Å²) in [5.41, 5.74) is 10.4. The Morgan fingerprint density at radius 2 is 1.79 bits per heavy atom. The first-order valence-corrected chi connectivity index (χ1v) is 6.40. The van der Waals surface area contributed by atoms with Gasteiger partial charge in [-0.05, 0) is 23.3 Å². The molecule has 0 fully saturated rings. The minimum absolute atomic E-state index is 0.256. The molecule has 0 aliphatic rings. The highest BCUT2D eigenvalue weighted by molar-refractivity contribution is 5.90. The average molecular weight is 252 g/mol. The zero-order chi connectivity index (χ0) is 13.4. The molecule has 19 heavy (non-hydrogen) atoms. The predicted molar refractivity (Wildman–Crippen MR) is 77.9 cm³/mol. The Balaban J connectivity index is 2.19. The highest BCUT2D eigenvalue weighted by Crippen LogP contribution is 2.31. The maximum atomic E-state index is 6.07. The molecule has 0 atom stereocenters. The first-order valence-electron chi connectivity index (χ1n) is 6.40. The molecule has 3 heteroatoms. The number of oxazole rings is 1. The molecule has 0 radical (unpaired) electrons. The number of nitrogen functional groups attached to an aromatic ring is 1. The third-order valence-electron chi connectivity index (χ3n) is 3.14. The van der Waals surface area contributed by atoms with Crippen molar-refractivity contribution in [1.29, 1.82) is 0 Å². The monoisotopic (exact) mass is 252 g/mol. The predicted octanol–water partition coefficient (Wildman–Crippen LogP) is 4.20. The summed E-state index contributed by atoms with van der Waals surface area (Å²) in [6.45, 7) is 4.11. The molecule has 1 heterocycles. The zero-order valence-corrected chi connectivity index (χ0v) is 11.1. The summed E-state index contributed by atoms with van der Waals surface area (Å²) in [5, 5.41) is 0. The van der Waals surface area contributed by atoms with Crippen LogP contribution in [0.25, 0.3) is 22.2 Å². The van der Waals surface area contributed by atoms with E-state index in [1.54, 1.807) is 0 Å². The van der Waals surface area contributed by atoms with Gasteiger partial charge in [0.2, 0.25) is 0 Å². The molecule has 0 amide bonds. The van der Waals surface area contributed by atoms with Gasteiger partial charge in [-0.1, -0.05) is 44.2 Å². The van der Waals surface area contributed by atoms with Crippen LogP contribution in [0.4, 0.5) is 5.69 Å². The van der Waals surface area contributed by atoms with Crippen LogP contribution in [0.15, 0.2) is 46.9 Å². The Kier molecular flexibility index (Phi) is 2.75. The topological polar surface area (TPSA) is 52.0 Å². The average Bonchev–Trinajstić information content (AvgIpc) is 2.84. The SMILES string of the molecule is CC(C)c1nc2cc(-c3ccccc3)cc(N)c2o1. The maximum absolute atomic E-state index is 6.07. The molecule has 96 valence electrons. The first-order chi connectivity index (χ1) is 9.15. The summed E-state index contributed by atoms with van der Waals surface area (Å²) in [5.74, 6) is 0.985. The second-order valence-electron chi connectivity index (χ2n) is 4.99. The highest BCUT2D eigenvalue weighted by Gasteiger charge is 2.13. The van der Waals surface area contributed by atoms with Crippen LogP contribution in [0.3, 0.4) is 0 Å². The van der Waals surface area contributed by atoms with Gasteiger partial charge < -0.3 is 10.2 Å². The molecule has 2 N–H and O–H groups in total. The van der Waals surface area contributed by atoms with Gasteiger partial charge in [0.05, 0.1) is 5.69 Å². The van der Waals surface area contributed by atoms with Gasteiger partial charge in [-0.2, -0.15) is 0 Å². The Labute approximate surface area is 112 Å². The third kappa shape index (κ3) is 2.08. The smallest absolute Gasteiger partial charge is 0.198 e. The van der Waals surface area contributed by atoms with Crippen LogP contribution in [0.1, 0.15) is 25.7 Å². The largest absolute Gasteiger partial charge is 0.438 e. The van der Waals surface area contributed by atoms with Crippen molar-refractivity contribution >= 4 is 16.8 Å². The van der Waals surface area contributed by atoms with Crippen LogP contribution in [0.5, 0.6) is 0 Å². The van der Waals surface area contributed by atoms with Crippen molar-refractivity contribution < 1.29 is 4.42 Å². The van der Waals surface area contributed by atoms with Gasteiger partial charge in [0.25, 0.3) is 0 Å². The van der Waals surface area contributed by atoms with E-state index >= 15 is 0 Å². The molecule has 0 aliphatic heterocycles. The molecule has 0 spiro atoms. The lowest BCUT2D eigenvalue weighted by Crippen LogP contribution is -1.87. The Hall–Kier alpha value is -2.29. The van der Waals surface area contributed by atoms with E-state index in [0.717, 1.165) is 22.5 Å². The van der Waals surface area contributed by atoms with Crippen molar-refractivity contribution in [3.63, 3.8) is 0 Å². The third-order valence-corrected chi connectivity index (χ3v) is 3.14. The fourth-order valence-electron chi connectivity index (χ4n) is 2.12. The summed E-state index contributed by atoms with van der Waals surface area (Å²) in [6.07, 6.45) is 0. The van der Waals surface area contributed by atoms with Gasteiger partial charge in [0.1, 0.15) is 5.52 Å². The highest BCUT2D eigenvalue weighted by atomic mass is 16.3. The summed E-state index contributed by atoms with van der Waals surface area (Å²) in [4.78, 5) is 4.51. The number of fused-ring (bicyclic) bond motifs is 1. The zero-order valence-electron chi connectivity index (χ0n) is 11.1. The number of anilines is 1. The Morgan fingerprint density at radius 3 is 2.47 bits per heavy atom. The number of hydrogen-bond acceptors (Lipinski definition) is 3. The molecule has 0 unspecified atom stereocenters. The Morgan fingerprint density at radius 1 is 1.05 bits per heavy atom. The van der Waals surface area contributed by atoms with Crippen molar-refractivity contribution in [3.05, 3.63) is 48.4 Å². The second kappa shape index (κ2) is 4.43. The van der Waals surface area contributed by atoms with Crippen molar-refractivity contribution in [2.75, 3.05) is 5.73 Å². The number of benzene rings is 2. The van der Waals surface area contributed by atoms with E-state index in [0.29, 0.717) is 11.3 Å². The number of hydrogen-bond donors (Lipinski definition) is 1. The van der Waals surface area contributed by atoms with Crippen molar-refractivity contribution in [3.8, 4) is 11.1 Å². The van der Waals surface area contributed by atoms with E-state index in [1.807, 2.05) is 30.3 Å². The van der Waals surface area contributed by atoms with Crippen LogP contribution in [-0.2, 0) is 0 Å². The molecule has 0 saturated carbocycles. The van der Waals surface area contributed by atoms with Crippen LogP contribution in [0.2, 0.25) is 0 Å². The van der Waals surface area contributed by atoms with E-state index in [1.165, 1.54) is 0 Å². The lowest BCUT2D eigenvalue weighted by atomic mass is 10.0. The molecule has 2 aromatic carbocycles. The van der Waals surface area contributed by atoms with Crippen LogP contribution < -0.4 is 5.73 Å². The van der Waals surface area contributed by atoms with Gasteiger partial charge in [-0.3, -0.25) is 0 Å². The van der Waals surface area contributed by atoms with E-state index in [2.05, 4.69) is 31.0 Å². The molecule has 0 aliphatic carbocycles. The molecule has 0 saturated heterocycles. The summed E-state index contributed by atoms with van der Waals surface area (Å²) in [7, 11) is 0. The van der Waals surface area contributed by atoms with Gasteiger partial charge in [0, 0.05) is 5.92 Å². The molecule has 3 nitrogen and oxygen atoms in total. The van der Waals surface area contributed by atoms with Crippen LogP contribution >= 0.6 is 0 Å². The second-order valence-corrected chi connectivity index (χ2v) is 4.99. The molecule has 3 rings (SSSR count). The molecule has 3 aromatic rings. The first kappa shape index (κ1) is 11.8. The van der Waals surface area contributed by atoms with Crippen molar-refractivity contribution in [2.24, 2.45) is 0 Å². The van der Waals surface area contributed by atoms with Gasteiger partial charge in [-0.15, -0.1) is 0 Å². The molecular weight excluding hydrogens is 236 g/mol. The summed E-state index contributed by atoms with van der Waals surface area (Å²) < 4.78 is 5.71. The van der Waals surface area contributed by atoms with Crippen molar-refractivity contribution in [1.82, 2.24) is 4.98 Å². The quantitative estimate of drug-likeness (QED) is 0.695. The molecule has 0 bridgehead atoms. The standard InChI is InChI=1S/C16H16N2O/c1-10(2)16-18-14-9-12(8-13(17)15(14)19-16)11-6-4-3-5-7-11/h3-10H,17H2,1-2H3. The fourth-order valence-corrected chi connectivity index (χ4v) is 2.12. The van der Waals surface area contributed by atoms with E-state index < -0.39 is 0 Å². The lowest BCUT2D eigenvalue weighted by molar-refractivity contribution is 0.502. The lowest BCUT2D eigenvalue weighted by Gasteiger charge is -2.02. The van der Waals surface area contributed by atoms with Crippen LogP contribution in [-0.4, -0.2) is 4.98 Å². The fraction of sp³-hybridized carbons (Fsp3) is 0.188. The van der Waals surface area contributed by atoms with Crippen molar-refractivity contribution in [2.45, 2.75) is 19.8 Å². The van der Waals surface area contributed by atoms with E-state index in [-0.39, 0.29) is 5.92 Å². The molecule has 1 aromatic heterocycles. The van der Waals surface area contributed by atoms with Gasteiger partial charge in [-0.25, -0.2) is 4.98 Å². The van der Waals surface area contributed by atoms with Crippen LogP contribution in [0, 0.1) is 0 Å².